The van der Waals surface area contributed by atoms with Gasteiger partial charge in [-0.3, -0.25) is 0 Å². The highest BCUT2D eigenvalue weighted by molar-refractivity contribution is 7.89. The van der Waals surface area contributed by atoms with E-state index in [1.54, 1.807) is 0 Å². The van der Waals surface area contributed by atoms with Gasteiger partial charge >= 0.3 is 6.18 Å². The summed E-state index contributed by atoms with van der Waals surface area (Å²) in [4.78, 5) is -0.125. The van der Waals surface area contributed by atoms with Crippen LogP contribution in [0.25, 0.3) is 0 Å². The largest absolute Gasteiger partial charge is 0.416 e. The van der Waals surface area contributed by atoms with Crippen LogP contribution in [0, 0.1) is 18.8 Å². The maximum absolute atomic E-state index is 12.7. The molecule has 0 unspecified atom stereocenters. The van der Waals surface area contributed by atoms with Crippen LogP contribution in [0.1, 0.15) is 36.8 Å². The zero-order valence-corrected chi connectivity index (χ0v) is 14.3. The highest BCUT2D eigenvalue weighted by Gasteiger charge is 2.32. The zero-order valence-electron chi connectivity index (χ0n) is 13.4. The summed E-state index contributed by atoms with van der Waals surface area (Å²) in [6, 6.07) is 2.64. The van der Waals surface area contributed by atoms with E-state index in [0.29, 0.717) is 0 Å². The average molecular weight is 365 g/mol. The third-order valence-electron chi connectivity index (χ3n) is 4.58. The molecule has 0 aliphatic heterocycles. The van der Waals surface area contributed by atoms with Crippen LogP contribution in [0.4, 0.5) is 13.2 Å². The number of aliphatic hydroxyl groups is 1. The number of rotatable bonds is 5. The van der Waals surface area contributed by atoms with E-state index < -0.39 is 21.8 Å². The number of benzene rings is 1. The maximum atomic E-state index is 12.7. The Morgan fingerprint density at radius 1 is 1.17 bits per heavy atom. The lowest BCUT2D eigenvalue weighted by Gasteiger charge is -2.27. The Bertz CT molecular complexity index is 666. The fraction of sp³-hybridized carbons (Fsp3) is 0.625. The van der Waals surface area contributed by atoms with Gasteiger partial charge in [-0.05, 0) is 68.2 Å². The highest BCUT2D eigenvalue weighted by Crippen LogP contribution is 2.32. The number of halogens is 3. The predicted octanol–water partition coefficient (Wildman–Crippen LogP) is 3.09. The molecule has 1 fully saturated rings. The second-order valence-electron chi connectivity index (χ2n) is 6.40. The quantitative estimate of drug-likeness (QED) is 0.843. The Morgan fingerprint density at radius 2 is 1.75 bits per heavy atom. The van der Waals surface area contributed by atoms with Gasteiger partial charge in [0.1, 0.15) is 0 Å². The first kappa shape index (κ1) is 19.2. The SMILES string of the molecule is Cc1cc(C(F)(F)F)ccc1S(=O)(=O)NCC1CCC(CO)CC1. The van der Waals surface area contributed by atoms with Crippen molar-refractivity contribution < 1.29 is 26.7 Å². The second kappa shape index (κ2) is 7.41. The lowest BCUT2D eigenvalue weighted by Crippen LogP contribution is -2.32. The molecule has 0 saturated heterocycles. The molecule has 8 heteroatoms. The number of aliphatic hydroxyl groups excluding tert-OH is 1. The van der Waals surface area contributed by atoms with Crippen LogP contribution >= 0.6 is 0 Å². The third-order valence-corrected chi connectivity index (χ3v) is 6.16. The van der Waals surface area contributed by atoms with Gasteiger partial charge in [-0.1, -0.05) is 0 Å². The molecule has 136 valence electrons. The van der Waals surface area contributed by atoms with Crippen LogP contribution in [-0.2, 0) is 16.2 Å². The van der Waals surface area contributed by atoms with Gasteiger partial charge in [0.15, 0.2) is 0 Å². The number of alkyl halides is 3. The fourth-order valence-corrected chi connectivity index (χ4v) is 4.39. The molecule has 0 amide bonds. The Balaban J connectivity index is 2.03. The molecule has 2 rings (SSSR count). The third kappa shape index (κ3) is 4.70. The standard InChI is InChI=1S/C16H22F3NO3S/c1-11-8-14(16(17,18)19)6-7-15(11)24(22,23)20-9-12-2-4-13(10-21)5-3-12/h6-8,12-13,20-21H,2-5,9-10H2,1H3. The van der Waals surface area contributed by atoms with Crippen molar-refractivity contribution in [3.8, 4) is 0 Å². The highest BCUT2D eigenvalue weighted by atomic mass is 32.2. The Labute approximate surface area is 140 Å². The van der Waals surface area contributed by atoms with Crippen molar-refractivity contribution in [2.24, 2.45) is 11.8 Å². The number of hydrogen-bond acceptors (Lipinski definition) is 3. The Kier molecular flexibility index (Phi) is 5.93. The molecule has 0 heterocycles. The number of sulfonamides is 1. The van der Waals surface area contributed by atoms with E-state index in [1.165, 1.54) is 6.92 Å². The van der Waals surface area contributed by atoms with E-state index in [0.717, 1.165) is 43.9 Å². The van der Waals surface area contributed by atoms with Crippen molar-refractivity contribution in [3.05, 3.63) is 29.3 Å². The summed E-state index contributed by atoms with van der Waals surface area (Å²) < 4.78 is 65.2. The minimum Gasteiger partial charge on any atom is -0.396 e. The lowest BCUT2D eigenvalue weighted by molar-refractivity contribution is -0.137. The van der Waals surface area contributed by atoms with Crippen molar-refractivity contribution in [1.29, 1.82) is 0 Å². The van der Waals surface area contributed by atoms with Gasteiger partial charge in [0.05, 0.1) is 10.5 Å². The van der Waals surface area contributed by atoms with Crippen LogP contribution < -0.4 is 4.72 Å². The maximum Gasteiger partial charge on any atom is 0.416 e. The molecular weight excluding hydrogens is 343 g/mol. The second-order valence-corrected chi connectivity index (χ2v) is 8.13. The van der Waals surface area contributed by atoms with Crippen LogP contribution in [0.5, 0.6) is 0 Å². The summed E-state index contributed by atoms with van der Waals surface area (Å²) in [6.07, 6.45) is -1.10. The van der Waals surface area contributed by atoms with E-state index >= 15 is 0 Å². The zero-order chi connectivity index (χ0) is 18.0. The summed E-state index contributed by atoms with van der Waals surface area (Å²) in [7, 11) is -3.84. The summed E-state index contributed by atoms with van der Waals surface area (Å²) >= 11 is 0. The molecule has 0 aromatic heterocycles. The van der Waals surface area contributed by atoms with Gasteiger partial charge in [-0.25, -0.2) is 13.1 Å². The Morgan fingerprint density at radius 3 is 2.25 bits per heavy atom. The van der Waals surface area contributed by atoms with Crippen LogP contribution in [0.15, 0.2) is 23.1 Å². The summed E-state index contributed by atoms with van der Waals surface area (Å²) in [5.41, 5.74) is -0.789. The average Bonchev–Trinajstić information content (AvgIpc) is 2.52. The number of hydrogen-bond donors (Lipinski definition) is 2. The molecule has 0 radical (unpaired) electrons. The first-order chi connectivity index (χ1) is 11.1. The Hall–Kier alpha value is -1.12. The van der Waals surface area contributed by atoms with Crippen molar-refractivity contribution in [2.75, 3.05) is 13.2 Å². The lowest BCUT2D eigenvalue weighted by atomic mass is 9.82. The molecule has 2 N–H and O–H groups in total. The molecule has 1 saturated carbocycles. The minimum absolute atomic E-state index is 0.0707. The molecule has 24 heavy (non-hydrogen) atoms. The summed E-state index contributed by atoms with van der Waals surface area (Å²) in [5, 5.41) is 9.10. The van der Waals surface area contributed by atoms with E-state index in [1.807, 2.05) is 0 Å². The molecule has 1 aromatic rings. The number of nitrogens with one attached hydrogen (secondary N) is 1. The predicted molar refractivity (Wildman–Crippen MR) is 83.9 cm³/mol. The monoisotopic (exact) mass is 365 g/mol. The smallest absolute Gasteiger partial charge is 0.396 e. The first-order valence-electron chi connectivity index (χ1n) is 7.92. The van der Waals surface area contributed by atoms with E-state index in [-0.39, 0.29) is 35.4 Å². The van der Waals surface area contributed by atoms with E-state index in [2.05, 4.69) is 4.72 Å². The van der Waals surface area contributed by atoms with Crippen LogP contribution in [0.2, 0.25) is 0 Å². The van der Waals surface area contributed by atoms with Crippen LogP contribution in [-0.4, -0.2) is 26.7 Å². The van der Waals surface area contributed by atoms with E-state index in [4.69, 9.17) is 5.11 Å². The molecule has 1 aromatic carbocycles. The summed E-state index contributed by atoms with van der Waals surface area (Å²) in [5.74, 6) is 0.479. The first-order valence-corrected chi connectivity index (χ1v) is 9.40. The van der Waals surface area contributed by atoms with Gasteiger partial charge in [0.25, 0.3) is 0 Å². The van der Waals surface area contributed by atoms with Gasteiger partial charge in [-0.15, -0.1) is 0 Å². The van der Waals surface area contributed by atoms with Crippen molar-refractivity contribution in [3.63, 3.8) is 0 Å². The molecular formula is C16H22F3NO3S. The van der Waals surface area contributed by atoms with E-state index in [9.17, 15) is 21.6 Å². The van der Waals surface area contributed by atoms with Gasteiger partial charge in [0.2, 0.25) is 10.0 Å². The molecule has 0 atom stereocenters. The van der Waals surface area contributed by atoms with Crippen molar-refractivity contribution in [1.82, 2.24) is 4.72 Å². The topological polar surface area (TPSA) is 66.4 Å². The van der Waals surface area contributed by atoms with Gasteiger partial charge < -0.3 is 5.11 Å². The van der Waals surface area contributed by atoms with Crippen molar-refractivity contribution >= 4 is 10.0 Å². The molecule has 0 bridgehead atoms. The van der Waals surface area contributed by atoms with Crippen LogP contribution in [0.3, 0.4) is 0 Å². The van der Waals surface area contributed by atoms with Crippen molar-refractivity contribution in [2.45, 2.75) is 43.7 Å². The molecule has 0 spiro atoms. The molecule has 4 nitrogen and oxygen atoms in total. The number of aryl methyl sites for hydroxylation is 1. The normalized spacial score (nSPS) is 22.5. The fourth-order valence-electron chi connectivity index (χ4n) is 3.05. The summed E-state index contributed by atoms with van der Waals surface area (Å²) in [6.45, 7) is 1.78. The molecule has 1 aliphatic carbocycles. The van der Waals surface area contributed by atoms with Gasteiger partial charge in [-0.2, -0.15) is 13.2 Å². The van der Waals surface area contributed by atoms with Gasteiger partial charge in [0, 0.05) is 13.2 Å². The minimum atomic E-state index is -4.49. The molecule has 1 aliphatic rings.